The second-order valence-corrected chi connectivity index (χ2v) is 5.43. The van der Waals surface area contributed by atoms with Gasteiger partial charge in [0, 0.05) is 0 Å². The van der Waals surface area contributed by atoms with Crippen molar-refractivity contribution >= 4 is 11.9 Å². The third-order valence-corrected chi connectivity index (χ3v) is 3.64. The van der Waals surface area contributed by atoms with Crippen molar-refractivity contribution in [3.63, 3.8) is 0 Å². The van der Waals surface area contributed by atoms with E-state index in [0.717, 1.165) is 12.8 Å². The number of carboxylic acids is 1. The predicted octanol–water partition coefficient (Wildman–Crippen LogP) is 2.33. The van der Waals surface area contributed by atoms with Gasteiger partial charge in [0.15, 0.2) is 5.76 Å². The summed E-state index contributed by atoms with van der Waals surface area (Å²) >= 11 is 0. The number of amides is 1. The number of nitrogens with zero attached hydrogens (tertiary/aromatic N) is 1. The fraction of sp³-hybridized carbons (Fsp3) is 0.714. The van der Waals surface area contributed by atoms with E-state index in [1.54, 1.807) is 6.92 Å². The highest BCUT2D eigenvalue weighted by molar-refractivity contribution is 5.97. The Morgan fingerprint density at radius 3 is 2.42 bits per heavy atom. The van der Waals surface area contributed by atoms with Crippen molar-refractivity contribution in [2.75, 3.05) is 0 Å². The van der Waals surface area contributed by atoms with Gasteiger partial charge in [-0.2, -0.15) is 0 Å². The largest absolute Gasteiger partial charge is 0.503 e. The molecule has 0 fully saturated rings. The summed E-state index contributed by atoms with van der Waals surface area (Å²) in [6.45, 7) is 7.51. The molecule has 0 radical (unpaired) electrons. The van der Waals surface area contributed by atoms with E-state index in [-0.39, 0.29) is 17.7 Å². The van der Waals surface area contributed by atoms with Gasteiger partial charge in [-0.05, 0) is 24.8 Å². The van der Waals surface area contributed by atoms with E-state index < -0.39 is 17.9 Å². The van der Waals surface area contributed by atoms with Crippen LogP contribution in [0.1, 0.15) is 47.0 Å². The lowest BCUT2D eigenvalue weighted by Crippen LogP contribution is -2.49. The monoisotopic (exact) mass is 269 g/mol. The first-order chi connectivity index (χ1) is 8.82. The molecule has 19 heavy (non-hydrogen) atoms. The van der Waals surface area contributed by atoms with Gasteiger partial charge in [0.05, 0.1) is 6.04 Å². The number of carbonyl (C=O) groups is 2. The molecule has 108 valence electrons. The van der Waals surface area contributed by atoms with Crippen molar-refractivity contribution in [1.82, 2.24) is 4.90 Å². The van der Waals surface area contributed by atoms with Crippen LogP contribution >= 0.6 is 0 Å². The van der Waals surface area contributed by atoms with E-state index in [2.05, 4.69) is 0 Å². The number of carbonyl (C=O) groups excluding carboxylic acids is 1. The number of rotatable bonds is 6. The number of aliphatic hydroxyl groups excluding tert-OH is 1. The van der Waals surface area contributed by atoms with E-state index in [1.165, 1.54) is 4.90 Å². The van der Waals surface area contributed by atoms with Crippen molar-refractivity contribution in [3.8, 4) is 0 Å². The van der Waals surface area contributed by atoms with Crippen LogP contribution in [-0.4, -0.2) is 39.1 Å². The molecule has 0 saturated heterocycles. The first-order valence-corrected chi connectivity index (χ1v) is 6.78. The van der Waals surface area contributed by atoms with E-state index in [4.69, 9.17) is 0 Å². The molecular weight excluding hydrogens is 246 g/mol. The van der Waals surface area contributed by atoms with Crippen LogP contribution in [0.15, 0.2) is 11.3 Å². The zero-order valence-electron chi connectivity index (χ0n) is 12.0. The second kappa shape index (κ2) is 6.08. The average molecular weight is 269 g/mol. The van der Waals surface area contributed by atoms with Crippen LogP contribution in [0.5, 0.6) is 0 Å². The molecule has 0 aromatic rings. The topological polar surface area (TPSA) is 77.8 Å². The van der Waals surface area contributed by atoms with Gasteiger partial charge >= 0.3 is 5.97 Å². The third kappa shape index (κ3) is 2.91. The smallest absolute Gasteiger partial charge is 0.326 e. The number of hydrogen-bond acceptors (Lipinski definition) is 3. The summed E-state index contributed by atoms with van der Waals surface area (Å²) in [5.41, 5.74) is 0.572. The number of aliphatic carboxylic acids is 1. The first kappa shape index (κ1) is 15.5. The Labute approximate surface area is 113 Å². The van der Waals surface area contributed by atoms with Crippen LogP contribution in [0, 0.1) is 5.92 Å². The standard InChI is InChI=1S/C14H23NO4/c1-5-6-7-10(14(18)19)15-11(8(2)3)9(4)12(16)13(15)17/h8,10-11,16H,5-7H2,1-4H3,(H,18,19). The quantitative estimate of drug-likeness (QED) is 0.775. The molecule has 0 aromatic heterocycles. The van der Waals surface area contributed by atoms with Gasteiger partial charge in [0.25, 0.3) is 5.91 Å². The molecule has 1 aliphatic heterocycles. The van der Waals surface area contributed by atoms with Gasteiger partial charge in [-0.1, -0.05) is 33.6 Å². The van der Waals surface area contributed by atoms with Gasteiger partial charge < -0.3 is 15.1 Å². The van der Waals surface area contributed by atoms with Gasteiger partial charge in [-0.25, -0.2) is 4.79 Å². The van der Waals surface area contributed by atoms with Crippen molar-refractivity contribution in [3.05, 3.63) is 11.3 Å². The molecule has 2 N–H and O–H groups in total. The van der Waals surface area contributed by atoms with Crippen LogP contribution in [0.3, 0.4) is 0 Å². The average Bonchev–Trinajstić information content (AvgIpc) is 2.54. The van der Waals surface area contributed by atoms with E-state index >= 15 is 0 Å². The minimum absolute atomic E-state index is 0.0667. The van der Waals surface area contributed by atoms with E-state index in [1.807, 2.05) is 20.8 Å². The summed E-state index contributed by atoms with van der Waals surface area (Å²) in [7, 11) is 0. The Morgan fingerprint density at radius 1 is 1.42 bits per heavy atom. The van der Waals surface area contributed by atoms with Crippen LogP contribution in [0.25, 0.3) is 0 Å². The molecule has 0 bridgehead atoms. The minimum atomic E-state index is -1.00. The third-order valence-electron chi connectivity index (χ3n) is 3.64. The minimum Gasteiger partial charge on any atom is -0.503 e. The lowest BCUT2D eigenvalue weighted by molar-refractivity contribution is -0.150. The maximum absolute atomic E-state index is 12.1. The molecule has 1 rings (SSSR count). The van der Waals surface area contributed by atoms with Gasteiger partial charge in [-0.3, -0.25) is 4.79 Å². The predicted molar refractivity (Wildman–Crippen MR) is 71.7 cm³/mol. The van der Waals surface area contributed by atoms with Crippen molar-refractivity contribution in [1.29, 1.82) is 0 Å². The Bertz CT molecular complexity index is 400. The van der Waals surface area contributed by atoms with Crippen molar-refractivity contribution in [2.45, 2.75) is 59.0 Å². The summed E-state index contributed by atoms with van der Waals surface area (Å²) in [6, 6.07) is -1.19. The molecule has 1 aliphatic rings. The SMILES string of the molecule is CCCCC(C(=O)O)N1C(=O)C(O)=C(C)C1C(C)C. The highest BCUT2D eigenvalue weighted by Crippen LogP contribution is 2.32. The fourth-order valence-corrected chi connectivity index (χ4v) is 2.70. The van der Waals surface area contributed by atoms with Crippen molar-refractivity contribution < 1.29 is 19.8 Å². The molecule has 0 spiro atoms. The molecule has 0 saturated carbocycles. The Kier molecular flexibility index (Phi) is 4.97. The van der Waals surface area contributed by atoms with Crippen LogP contribution in [-0.2, 0) is 9.59 Å². The lowest BCUT2D eigenvalue weighted by Gasteiger charge is -2.33. The Hall–Kier alpha value is -1.52. The van der Waals surface area contributed by atoms with E-state index in [0.29, 0.717) is 12.0 Å². The van der Waals surface area contributed by atoms with Gasteiger partial charge in [-0.15, -0.1) is 0 Å². The molecule has 5 nitrogen and oxygen atoms in total. The summed E-state index contributed by atoms with van der Waals surface area (Å²) in [5.74, 6) is -1.78. The molecule has 2 atom stereocenters. The highest BCUT2D eigenvalue weighted by Gasteiger charge is 2.44. The lowest BCUT2D eigenvalue weighted by atomic mass is 9.96. The molecular formula is C14H23NO4. The summed E-state index contributed by atoms with van der Waals surface area (Å²) in [6.07, 6.45) is 2.03. The first-order valence-electron chi connectivity index (χ1n) is 6.78. The number of carboxylic acid groups (broad SMARTS) is 1. The zero-order chi connectivity index (χ0) is 14.7. The molecule has 0 aromatic carbocycles. The Morgan fingerprint density at radius 2 is 2.00 bits per heavy atom. The number of aliphatic hydroxyl groups is 1. The fourth-order valence-electron chi connectivity index (χ4n) is 2.70. The summed E-state index contributed by atoms with van der Waals surface area (Å²) in [5, 5.41) is 19.2. The van der Waals surface area contributed by atoms with Crippen LogP contribution < -0.4 is 0 Å². The normalized spacial score (nSPS) is 21.4. The Balaban J connectivity index is 3.07. The molecule has 1 heterocycles. The molecule has 0 aliphatic carbocycles. The van der Waals surface area contributed by atoms with Crippen LogP contribution in [0.4, 0.5) is 0 Å². The van der Waals surface area contributed by atoms with Crippen molar-refractivity contribution in [2.24, 2.45) is 5.92 Å². The number of hydrogen-bond donors (Lipinski definition) is 2. The highest BCUT2D eigenvalue weighted by atomic mass is 16.4. The zero-order valence-corrected chi connectivity index (χ0v) is 12.0. The van der Waals surface area contributed by atoms with E-state index in [9.17, 15) is 19.8 Å². The van der Waals surface area contributed by atoms with Crippen LogP contribution in [0.2, 0.25) is 0 Å². The summed E-state index contributed by atoms with van der Waals surface area (Å²) in [4.78, 5) is 24.9. The summed E-state index contributed by atoms with van der Waals surface area (Å²) < 4.78 is 0. The van der Waals surface area contributed by atoms with Gasteiger partial charge in [0.1, 0.15) is 6.04 Å². The molecule has 1 amide bonds. The molecule has 5 heteroatoms. The maximum Gasteiger partial charge on any atom is 0.326 e. The second-order valence-electron chi connectivity index (χ2n) is 5.43. The maximum atomic E-state index is 12.1. The number of unbranched alkanes of at least 4 members (excludes halogenated alkanes) is 1. The van der Waals surface area contributed by atoms with Gasteiger partial charge in [0.2, 0.25) is 0 Å². The molecule has 2 unspecified atom stereocenters.